The van der Waals surface area contributed by atoms with Gasteiger partial charge in [-0.2, -0.15) is 6.08 Å². The van der Waals surface area contributed by atoms with Crippen LogP contribution in [0.4, 0.5) is 0 Å². The van der Waals surface area contributed by atoms with E-state index in [4.69, 9.17) is 0 Å². The van der Waals surface area contributed by atoms with Crippen LogP contribution in [0.15, 0.2) is 97.1 Å². The second kappa shape index (κ2) is 21.9. The Bertz CT molecular complexity index is 1960. The third-order valence-corrected chi connectivity index (χ3v) is 12.3. The molecule has 1 aliphatic rings. The maximum absolute atomic E-state index is 2.99. The Morgan fingerprint density at radius 1 is 0.552 bits per heavy atom. The minimum atomic E-state index is 0. The smallest absolute Gasteiger partial charge is 0.109 e. The molecule has 0 saturated carbocycles. The third-order valence-electron chi connectivity index (χ3n) is 10.9. The zero-order valence-corrected chi connectivity index (χ0v) is 42.6. The van der Waals surface area contributed by atoms with Crippen molar-refractivity contribution in [1.29, 1.82) is 0 Å². The monoisotopic (exact) mass is 894 g/mol. The zero-order chi connectivity index (χ0) is 41.5. The average Bonchev–Trinajstić information content (AvgIpc) is 3.83. The van der Waals surface area contributed by atoms with Crippen LogP contribution in [0.25, 0.3) is 21.5 Å². The Balaban J connectivity index is 0.000000354. The van der Waals surface area contributed by atoms with E-state index >= 15 is 0 Å². The van der Waals surface area contributed by atoms with E-state index < -0.39 is 0 Å². The molecule has 0 N–H and O–H groups in total. The van der Waals surface area contributed by atoms with Crippen LogP contribution in [-0.4, -0.2) is 3.21 Å². The molecule has 1 aliphatic carbocycles. The van der Waals surface area contributed by atoms with E-state index in [1.165, 1.54) is 132 Å². The first kappa shape index (κ1) is 51.7. The summed E-state index contributed by atoms with van der Waals surface area (Å²) in [7, 11) is 0. The number of unbranched alkanes of at least 4 members (excludes halogenated alkanes) is 2. The minimum absolute atomic E-state index is 0. The molecule has 3 heteroatoms. The fraction of sp³-hybridized carbons (Fsp3) is 0.455. The van der Waals surface area contributed by atoms with Gasteiger partial charge in [-0.1, -0.05) is 117 Å². The van der Waals surface area contributed by atoms with Gasteiger partial charge in [-0.25, -0.2) is 12.2 Å². The molecule has 5 aromatic rings. The van der Waals surface area contributed by atoms with Gasteiger partial charge in [0.15, 0.2) is 0 Å². The van der Waals surface area contributed by atoms with Crippen LogP contribution >= 0.6 is 24.8 Å². The fourth-order valence-corrected chi connectivity index (χ4v) is 8.35. The van der Waals surface area contributed by atoms with Crippen molar-refractivity contribution in [3.8, 4) is 0 Å². The molecule has 0 bridgehead atoms. The molecule has 0 amide bonds. The van der Waals surface area contributed by atoms with Gasteiger partial charge in [0.25, 0.3) is 0 Å². The van der Waals surface area contributed by atoms with Gasteiger partial charge < -0.3 is 0 Å². The molecule has 312 valence electrons. The summed E-state index contributed by atoms with van der Waals surface area (Å²) in [6.45, 7) is 32.5. The molecule has 0 aliphatic heterocycles. The van der Waals surface area contributed by atoms with Crippen molar-refractivity contribution in [1.82, 2.24) is 0 Å². The van der Waals surface area contributed by atoms with Crippen LogP contribution in [0.3, 0.4) is 0 Å². The molecule has 5 aromatic carbocycles. The number of fused-ring (bicyclic) bond motifs is 3. The van der Waals surface area contributed by atoms with Gasteiger partial charge in [0.1, 0.15) is 0 Å². The van der Waals surface area contributed by atoms with Gasteiger partial charge in [-0.15, -0.1) is 71.0 Å². The number of rotatable bonds is 8. The van der Waals surface area contributed by atoms with Gasteiger partial charge >= 0.3 is 151 Å². The zero-order valence-electron chi connectivity index (χ0n) is 38.5. The van der Waals surface area contributed by atoms with Crippen LogP contribution in [-0.2, 0) is 58.7 Å². The summed E-state index contributed by atoms with van der Waals surface area (Å²) in [4.78, 5) is 0. The van der Waals surface area contributed by atoms with E-state index in [0.29, 0.717) is 0 Å². The van der Waals surface area contributed by atoms with Crippen molar-refractivity contribution in [3.05, 3.63) is 148 Å². The summed E-state index contributed by atoms with van der Waals surface area (Å²) in [6.07, 6.45) is 17.5. The fourth-order valence-electron chi connectivity index (χ4n) is 7.53. The predicted molar refractivity (Wildman–Crippen MR) is 261 cm³/mol. The van der Waals surface area contributed by atoms with Crippen molar-refractivity contribution < 1.29 is 24.2 Å². The van der Waals surface area contributed by atoms with E-state index in [1.807, 2.05) is 12.2 Å². The molecular weight excluding hydrogens is 823 g/mol. The summed E-state index contributed by atoms with van der Waals surface area (Å²) in [5.74, 6) is 0. The van der Waals surface area contributed by atoms with Gasteiger partial charge in [-0.05, 0) is 21.7 Å². The molecule has 0 spiro atoms. The number of halogens is 2. The summed E-state index contributed by atoms with van der Waals surface area (Å²) in [5.41, 5.74) is 12.1. The molecule has 0 unspecified atom stereocenters. The van der Waals surface area contributed by atoms with E-state index in [1.54, 1.807) is 0 Å². The van der Waals surface area contributed by atoms with Gasteiger partial charge in [0, 0.05) is 0 Å². The number of aryl methyl sites for hydroxylation is 2. The normalized spacial score (nSPS) is 12.7. The van der Waals surface area contributed by atoms with Crippen LogP contribution in [0.2, 0.25) is 0 Å². The van der Waals surface area contributed by atoms with Crippen LogP contribution in [0.1, 0.15) is 174 Å². The molecule has 0 nitrogen and oxygen atoms in total. The van der Waals surface area contributed by atoms with Gasteiger partial charge in [-0.3, -0.25) is 6.08 Å². The summed E-state index contributed by atoms with van der Waals surface area (Å²) in [5, 5.41) is 5.57. The Labute approximate surface area is 382 Å². The van der Waals surface area contributed by atoms with E-state index in [0.717, 1.165) is 6.42 Å². The Hall–Kier alpha value is -2.44. The number of hydrogen-bond acceptors (Lipinski definition) is 0. The standard InChI is InChI=1S/C29H41.C21H26.C5H5.2ClH.Zr/c1-26(2,3)22-14-18-13-19-15-23(27(4,5)6)25(29(10,11)12)17-21(19)20(18)16-24(22)28(7,8)9;1-3-5-7-18-9-13-20(14-10-18)17-21-15-11-19(12-16-21)8-6-4-2;1-2-4-5-3-1;;;/h13-17H,1-12H3;9-16H,3-8H2,1-2H3;1-3H,4H2;2*1H;/q-1;;-1;;;+2. The SMILES string of the molecule is CC(C)(C)c1cc2[cH-]c3cc(C(C)(C)C)c(C(C)(C)C)cc3c2cc1C(C)(C)C.CCCCc1ccc([C](=[Zr+2])c2ccc(CCCC)cc2)cc1.Cl.Cl.[C-]1=CC=CC1. The Morgan fingerprint density at radius 3 is 1.16 bits per heavy atom. The first-order valence-electron chi connectivity index (χ1n) is 21.4. The maximum Gasteiger partial charge on any atom is -0.109 e. The van der Waals surface area contributed by atoms with Gasteiger partial charge in [0.05, 0.1) is 0 Å². The molecule has 0 atom stereocenters. The van der Waals surface area contributed by atoms with Crippen LogP contribution < -0.4 is 0 Å². The predicted octanol–water partition coefficient (Wildman–Crippen LogP) is 16.5. The van der Waals surface area contributed by atoms with Crippen molar-refractivity contribution in [2.45, 2.75) is 164 Å². The molecule has 0 heterocycles. The number of hydrogen-bond donors (Lipinski definition) is 0. The van der Waals surface area contributed by atoms with Crippen LogP contribution in [0, 0.1) is 6.08 Å². The van der Waals surface area contributed by atoms with E-state index in [9.17, 15) is 0 Å². The molecule has 0 aromatic heterocycles. The van der Waals surface area contributed by atoms with Crippen molar-refractivity contribution in [3.63, 3.8) is 0 Å². The average molecular weight is 897 g/mol. The first-order chi connectivity index (χ1) is 26.1. The quantitative estimate of drug-likeness (QED) is 0.136. The second-order valence-electron chi connectivity index (χ2n) is 20.1. The second-order valence-corrected chi connectivity index (χ2v) is 21.3. The molecule has 58 heavy (non-hydrogen) atoms. The first-order valence-corrected chi connectivity index (χ1v) is 22.6. The maximum atomic E-state index is 2.99. The van der Waals surface area contributed by atoms with Crippen molar-refractivity contribution in [2.75, 3.05) is 0 Å². The molecule has 0 saturated heterocycles. The van der Waals surface area contributed by atoms with E-state index in [-0.39, 0.29) is 46.5 Å². The van der Waals surface area contributed by atoms with Crippen molar-refractivity contribution in [2.24, 2.45) is 0 Å². The number of benzene rings is 4. The Kier molecular flexibility index (Phi) is 19.5. The van der Waals surface area contributed by atoms with Crippen molar-refractivity contribution >= 4 is 49.6 Å². The molecule has 0 fully saturated rings. The van der Waals surface area contributed by atoms with Crippen LogP contribution in [0.5, 0.6) is 0 Å². The molecule has 6 rings (SSSR count). The minimum Gasteiger partial charge on any atom is -0.273 e. The number of allylic oxidation sites excluding steroid dienone is 4. The van der Waals surface area contributed by atoms with Gasteiger partial charge in [0.2, 0.25) is 0 Å². The summed E-state index contributed by atoms with van der Waals surface area (Å²) in [6, 6.07) is 30.7. The Morgan fingerprint density at radius 2 is 0.897 bits per heavy atom. The van der Waals surface area contributed by atoms with E-state index in [2.05, 4.69) is 188 Å². The molecule has 0 radical (unpaired) electrons. The largest absolute Gasteiger partial charge is 0.273 e. The topological polar surface area (TPSA) is 0 Å². The third kappa shape index (κ3) is 14.1. The summed E-state index contributed by atoms with van der Waals surface area (Å²) >= 11 is 1.48. The summed E-state index contributed by atoms with van der Waals surface area (Å²) < 4.78 is 1.45. The molecular formula is C55H74Cl2Zr.